The van der Waals surface area contributed by atoms with Gasteiger partial charge in [0.1, 0.15) is 5.00 Å². The van der Waals surface area contributed by atoms with E-state index >= 15 is 0 Å². The number of hydrogen-bond donors (Lipinski definition) is 1. The number of hydrogen-bond acceptors (Lipinski definition) is 2. The average molecular weight is 225 g/mol. The van der Waals surface area contributed by atoms with Crippen LogP contribution in [0.25, 0.3) is 10.8 Å². The molecule has 0 radical (unpaired) electrons. The molecule has 78 valence electrons. The van der Waals surface area contributed by atoms with Crippen LogP contribution in [-0.2, 0) is 0 Å². The first-order valence-corrected chi connectivity index (χ1v) is 6.10. The second-order valence-corrected chi connectivity index (χ2v) is 4.52. The quantitative estimate of drug-likeness (QED) is 0.669. The molecule has 3 rings (SSSR count). The van der Waals surface area contributed by atoms with Crippen LogP contribution >= 0.6 is 11.3 Å². The third-order valence-corrected chi connectivity index (χ3v) is 3.47. The van der Waals surface area contributed by atoms with Gasteiger partial charge in [0.05, 0.1) is 0 Å². The Labute approximate surface area is 98.4 Å². The average Bonchev–Trinajstić information content (AvgIpc) is 2.74. The predicted molar refractivity (Wildman–Crippen MR) is 71.5 cm³/mol. The van der Waals surface area contributed by atoms with E-state index in [9.17, 15) is 0 Å². The van der Waals surface area contributed by atoms with Crippen molar-refractivity contribution in [3.63, 3.8) is 0 Å². The first-order chi connectivity index (χ1) is 7.93. The fourth-order valence-corrected chi connectivity index (χ4v) is 2.68. The van der Waals surface area contributed by atoms with Gasteiger partial charge in [0, 0.05) is 16.5 Å². The van der Waals surface area contributed by atoms with Gasteiger partial charge in [0.15, 0.2) is 0 Å². The lowest BCUT2D eigenvalue weighted by Crippen LogP contribution is -1.86. The summed E-state index contributed by atoms with van der Waals surface area (Å²) in [4.78, 5) is 0. The van der Waals surface area contributed by atoms with E-state index in [1.165, 1.54) is 15.8 Å². The highest BCUT2D eigenvalue weighted by Gasteiger charge is 2.02. The van der Waals surface area contributed by atoms with Crippen molar-refractivity contribution >= 4 is 32.8 Å². The molecular formula is C14H11NS. The van der Waals surface area contributed by atoms with Gasteiger partial charge >= 0.3 is 0 Å². The van der Waals surface area contributed by atoms with Crippen molar-refractivity contribution in [1.29, 1.82) is 0 Å². The number of para-hydroxylation sites is 1. The van der Waals surface area contributed by atoms with Crippen molar-refractivity contribution in [2.24, 2.45) is 0 Å². The SMILES string of the molecule is c1ccc(Nc2scc3ccccc23)cc1. The molecule has 0 atom stereocenters. The van der Waals surface area contributed by atoms with E-state index in [2.05, 4.69) is 47.1 Å². The van der Waals surface area contributed by atoms with Crippen molar-refractivity contribution in [2.45, 2.75) is 0 Å². The molecule has 2 heteroatoms. The molecule has 0 saturated carbocycles. The number of benzene rings is 2. The van der Waals surface area contributed by atoms with Crippen molar-refractivity contribution in [3.8, 4) is 0 Å². The second kappa shape index (κ2) is 3.99. The number of rotatable bonds is 2. The molecule has 1 nitrogen and oxygen atoms in total. The summed E-state index contributed by atoms with van der Waals surface area (Å²) in [5, 5.41) is 9.42. The number of fused-ring (bicyclic) bond motifs is 1. The Hall–Kier alpha value is -1.80. The molecule has 1 aromatic heterocycles. The molecular weight excluding hydrogens is 214 g/mol. The van der Waals surface area contributed by atoms with Gasteiger partial charge in [-0.1, -0.05) is 42.5 Å². The Balaban J connectivity index is 2.01. The molecule has 2 aromatic carbocycles. The zero-order valence-corrected chi connectivity index (χ0v) is 9.50. The van der Waals surface area contributed by atoms with Gasteiger partial charge in [-0.15, -0.1) is 11.3 Å². The Morgan fingerprint density at radius 2 is 1.56 bits per heavy atom. The molecule has 0 fully saturated rings. The molecule has 0 aliphatic heterocycles. The van der Waals surface area contributed by atoms with Crippen LogP contribution in [-0.4, -0.2) is 0 Å². The van der Waals surface area contributed by atoms with Crippen molar-refractivity contribution in [2.75, 3.05) is 5.32 Å². The Morgan fingerprint density at radius 1 is 0.812 bits per heavy atom. The van der Waals surface area contributed by atoms with Crippen molar-refractivity contribution in [1.82, 2.24) is 0 Å². The molecule has 0 aliphatic carbocycles. The Kier molecular flexibility index (Phi) is 2.35. The third kappa shape index (κ3) is 1.68. The molecule has 0 aliphatic rings. The zero-order chi connectivity index (χ0) is 10.8. The summed E-state index contributed by atoms with van der Waals surface area (Å²) in [6.45, 7) is 0. The lowest BCUT2D eigenvalue weighted by atomic mass is 10.2. The van der Waals surface area contributed by atoms with Gasteiger partial charge in [-0.25, -0.2) is 0 Å². The first kappa shape index (κ1) is 9.43. The monoisotopic (exact) mass is 225 g/mol. The normalized spacial score (nSPS) is 10.5. The van der Waals surface area contributed by atoms with Crippen LogP contribution in [0.1, 0.15) is 0 Å². The smallest absolute Gasteiger partial charge is 0.101 e. The van der Waals surface area contributed by atoms with Crippen LogP contribution in [0.15, 0.2) is 60.0 Å². The van der Waals surface area contributed by atoms with Crippen LogP contribution in [0.3, 0.4) is 0 Å². The minimum absolute atomic E-state index is 1.13. The van der Waals surface area contributed by atoms with Gasteiger partial charge in [0.25, 0.3) is 0 Å². The molecule has 0 unspecified atom stereocenters. The highest BCUT2D eigenvalue weighted by molar-refractivity contribution is 7.16. The summed E-state index contributed by atoms with van der Waals surface area (Å²) >= 11 is 1.75. The summed E-state index contributed by atoms with van der Waals surface area (Å²) < 4.78 is 0. The standard InChI is InChI=1S/C14H11NS/c1-2-7-12(8-3-1)15-14-13-9-5-4-6-11(13)10-16-14/h1-10,15H. The minimum atomic E-state index is 1.13. The van der Waals surface area contributed by atoms with Gasteiger partial charge < -0.3 is 5.32 Å². The maximum absolute atomic E-state index is 3.45. The minimum Gasteiger partial charge on any atom is -0.347 e. The first-order valence-electron chi connectivity index (χ1n) is 5.22. The molecule has 0 spiro atoms. The number of anilines is 2. The highest BCUT2D eigenvalue weighted by atomic mass is 32.1. The van der Waals surface area contributed by atoms with E-state index in [-0.39, 0.29) is 0 Å². The summed E-state index contributed by atoms with van der Waals surface area (Å²) in [5.41, 5.74) is 1.13. The van der Waals surface area contributed by atoms with E-state index in [0.29, 0.717) is 0 Å². The van der Waals surface area contributed by atoms with E-state index in [4.69, 9.17) is 0 Å². The van der Waals surface area contributed by atoms with Crippen molar-refractivity contribution < 1.29 is 0 Å². The summed E-state index contributed by atoms with van der Waals surface area (Å²) in [6.07, 6.45) is 0. The zero-order valence-electron chi connectivity index (χ0n) is 8.68. The predicted octanol–water partition coefficient (Wildman–Crippen LogP) is 4.64. The Morgan fingerprint density at radius 3 is 2.44 bits per heavy atom. The van der Waals surface area contributed by atoms with E-state index in [0.717, 1.165) is 5.69 Å². The number of thiophene rings is 1. The van der Waals surface area contributed by atoms with Gasteiger partial charge in [0.2, 0.25) is 0 Å². The molecule has 0 saturated heterocycles. The van der Waals surface area contributed by atoms with Crippen LogP contribution in [0, 0.1) is 0 Å². The van der Waals surface area contributed by atoms with Gasteiger partial charge in [-0.3, -0.25) is 0 Å². The van der Waals surface area contributed by atoms with Gasteiger partial charge in [-0.05, 0) is 17.5 Å². The van der Waals surface area contributed by atoms with E-state index in [1.807, 2.05) is 18.2 Å². The van der Waals surface area contributed by atoms with Crippen LogP contribution < -0.4 is 5.32 Å². The molecule has 0 bridgehead atoms. The lowest BCUT2D eigenvalue weighted by Gasteiger charge is -2.03. The third-order valence-electron chi connectivity index (χ3n) is 2.54. The van der Waals surface area contributed by atoms with Crippen LogP contribution in [0.4, 0.5) is 10.7 Å². The largest absolute Gasteiger partial charge is 0.347 e. The maximum Gasteiger partial charge on any atom is 0.101 e. The molecule has 1 N–H and O–H groups in total. The fraction of sp³-hybridized carbons (Fsp3) is 0. The summed E-state index contributed by atoms with van der Waals surface area (Å²) in [6, 6.07) is 18.7. The summed E-state index contributed by atoms with van der Waals surface area (Å²) in [5.74, 6) is 0. The Bertz CT molecular complexity index is 598. The maximum atomic E-state index is 3.45. The van der Waals surface area contributed by atoms with Crippen LogP contribution in [0.2, 0.25) is 0 Å². The molecule has 1 heterocycles. The van der Waals surface area contributed by atoms with Gasteiger partial charge in [-0.2, -0.15) is 0 Å². The molecule has 0 amide bonds. The lowest BCUT2D eigenvalue weighted by molar-refractivity contribution is 1.62. The molecule has 16 heavy (non-hydrogen) atoms. The summed E-state index contributed by atoms with van der Waals surface area (Å²) in [7, 11) is 0. The fourth-order valence-electron chi connectivity index (χ4n) is 1.74. The van der Waals surface area contributed by atoms with E-state index < -0.39 is 0 Å². The topological polar surface area (TPSA) is 12.0 Å². The van der Waals surface area contributed by atoms with E-state index in [1.54, 1.807) is 11.3 Å². The van der Waals surface area contributed by atoms with Crippen LogP contribution in [0.5, 0.6) is 0 Å². The second-order valence-electron chi connectivity index (χ2n) is 3.64. The van der Waals surface area contributed by atoms with Crippen molar-refractivity contribution in [3.05, 3.63) is 60.0 Å². The molecule has 3 aromatic rings. The highest BCUT2D eigenvalue weighted by Crippen LogP contribution is 2.32. The number of nitrogens with one attached hydrogen (secondary N) is 1.